The molecule has 0 bridgehead atoms. The molecule has 96 valence electrons. The van der Waals surface area contributed by atoms with Crippen molar-refractivity contribution < 1.29 is 10.2 Å². The summed E-state index contributed by atoms with van der Waals surface area (Å²) in [6, 6.07) is 8.22. The van der Waals surface area contributed by atoms with Crippen LogP contribution < -0.4 is 0 Å². The van der Waals surface area contributed by atoms with Crippen LogP contribution in [0, 0.1) is 6.92 Å². The number of aliphatic hydroxyl groups is 2. The lowest BCUT2D eigenvalue weighted by Gasteiger charge is -2.34. The van der Waals surface area contributed by atoms with Gasteiger partial charge in [0.05, 0.1) is 18.8 Å². The Morgan fingerprint density at radius 3 is 2.12 bits per heavy atom. The van der Waals surface area contributed by atoms with Crippen molar-refractivity contribution in [1.82, 2.24) is 4.90 Å². The molecule has 3 heteroatoms. The fourth-order valence-corrected chi connectivity index (χ4v) is 1.91. The molecule has 0 aliphatic carbocycles. The van der Waals surface area contributed by atoms with E-state index in [9.17, 15) is 10.2 Å². The largest absolute Gasteiger partial charge is 0.394 e. The molecule has 0 aromatic heterocycles. The minimum Gasteiger partial charge on any atom is -0.394 e. The maximum absolute atomic E-state index is 9.97. The highest BCUT2D eigenvalue weighted by Gasteiger charge is 2.26. The lowest BCUT2D eigenvalue weighted by atomic mass is 9.98. The molecule has 2 N–H and O–H groups in total. The normalized spacial score (nSPS) is 15.3. The molecular formula is C14H23NO2. The van der Waals surface area contributed by atoms with E-state index in [2.05, 4.69) is 18.7 Å². The van der Waals surface area contributed by atoms with Crippen molar-refractivity contribution >= 4 is 0 Å². The van der Waals surface area contributed by atoms with Gasteiger partial charge in [0.1, 0.15) is 0 Å². The lowest BCUT2D eigenvalue weighted by Crippen LogP contribution is -2.39. The molecular weight excluding hydrogens is 214 g/mol. The Morgan fingerprint density at radius 1 is 1.18 bits per heavy atom. The summed E-state index contributed by atoms with van der Waals surface area (Å²) in [5, 5.41) is 19.1. The zero-order valence-corrected chi connectivity index (χ0v) is 11.1. The smallest absolute Gasteiger partial charge is 0.0967 e. The predicted octanol–water partition coefficient (Wildman–Crippen LogP) is 1.73. The van der Waals surface area contributed by atoms with E-state index < -0.39 is 6.10 Å². The number of benzene rings is 1. The summed E-state index contributed by atoms with van der Waals surface area (Å²) in [5.41, 5.74) is 2.23. The van der Waals surface area contributed by atoms with Crippen LogP contribution in [0.15, 0.2) is 24.3 Å². The van der Waals surface area contributed by atoms with Crippen LogP contribution in [0.1, 0.15) is 31.0 Å². The highest BCUT2D eigenvalue weighted by atomic mass is 16.3. The molecule has 0 aliphatic rings. The fourth-order valence-electron chi connectivity index (χ4n) is 1.91. The van der Waals surface area contributed by atoms with E-state index in [0.29, 0.717) is 6.04 Å². The molecule has 0 radical (unpaired) electrons. The van der Waals surface area contributed by atoms with Gasteiger partial charge in [-0.2, -0.15) is 0 Å². The van der Waals surface area contributed by atoms with Crippen molar-refractivity contribution in [2.45, 2.75) is 39.0 Å². The van der Waals surface area contributed by atoms with Crippen molar-refractivity contribution in [3.05, 3.63) is 35.4 Å². The van der Waals surface area contributed by atoms with Crippen LogP contribution in [-0.4, -0.2) is 40.9 Å². The van der Waals surface area contributed by atoms with Crippen LogP contribution in [0.2, 0.25) is 0 Å². The van der Waals surface area contributed by atoms with Crippen molar-refractivity contribution in [3.8, 4) is 0 Å². The molecule has 1 aromatic carbocycles. The number of rotatable bonds is 5. The summed E-state index contributed by atoms with van der Waals surface area (Å²) in [5.74, 6) is 0. The van der Waals surface area contributed by atoms with E-state index in [1.807, 2.05) is 38.2 Å². The van der Waals surface area contributed by atoms with Crippen LogP contribution in [0.3, 0.4) is 0 Å². The van der Waals surface area contributed by atoms with E-state index in [4.69, 9.17) is 0 Å². The number of hydrogen-bond donors (Lipinski definition) is 2. The summed E-state index contributed by atoms with van der Waals surface area (Å²) in [6.45, 7) is 5.96. The van der Waals surface area contributed by atoms with Gasteiger partial charge in [0.15, 0.2) is 0 Å². The molecule has 1 unspecified atom stereocenters. The lowest BCUT2D eigenvalue weighted by molar-refractivity contribution is 0.00884. The van der Waals surface area contributed by atoms with Crippen molar-refractivity contribution in [2.75, 3.05) is 13.7 Å². The minimum atomic E-state index is -0.759. The van der Waals surface area contributed by atoms with E-state index >= 15 is 0 Å². The highest BCUT2D eigenvalue weighted by Crippen LogP contribution is 2.25. The number of likely N-dealkylation sites (N-methyl/N-ethyl adjacent to an activating group) is 1. The Morgan fingerprint density at radius 2 is 1.71 bits per heavy atom. The molecule has 0 spiro atoms. The fraction of sp³-hybridized carbons (Fsp3) is 0.571. The summed E-state index contributed by atoms with van der Waals surface area (Å²) in [4.78, 5) is 2.07. The van der Waals surface area contributed by atoms with Gasteiger partial charge in [-0.3, -0.25) is 4.90 Å². The first kappa shape index (κ1) is 14.2. The second-order valence-electron chi connectivity index (χ2n) is 4.86. The molecule has 0 fully saturated rings. The van der Waals surface area contributed by atoms with E-state index in [1.54, 1.807) is 0 Å². The summed E-state index contributed by atoms with van der Waals surface area (Å²) in [6.07, 6.45) is -0.759. The quantitative estimate of drug-likeness (QED) is 0.819. The van der Waals surface area contributed by atoms with Crippen molar-refractivity contribution in [1.29, 1.82) is 0 Å². The van der Waals surface area contributed by atoms with Gasteiger partial charge in [-0.1, -0.05) is 29.8 Å². The first-order valence-electron chi connectivity index (χ1n) is 6.04. The van der Waals surface area contributed by atoms with Gasteiger partial charge in [0.25, 0.3) is 0 Å². The van der Waals surface area contributed by atoms with Crippen molar-refractivity contribution in [2.24, 2.45) is 0 Å². The van der Waals surface area contributed by atoms with Gasteiger partial charge < -0.3 is 10.2 Å². The topological polar surface area (TPSA) is 43.7 Å². The molecule has 0 heterocycles. The van der Waals surface area contributed by atoms with Crippen LogP contribution in [0.5, 0.6) is 0 Å². The average molecular weight is 237 g/mol. The van der Waals surface area contributed by atoms with Gasteiger partial charge in [-0.25, -0.2) is 0 Å². The summed E-state index contributed by atoms with van der Waals surface area (Å²) >= 11 is 0. The zero-order chi connectivity index (χ0) is 13.0. The number of nitrogens with zero attached hydrogens (tertiary/aromatic N) is 1. The second kappa shape index (κ2) is 6.15. The average Bonchev–Trinajstić information content (AvgIpc) is 2.31. The Kier molecular flexibility index (Phi) is 5.12. The van der Waals surface area contributed by atoms with Crippen LogP contribution in [0.4, 0.5) is 0 Å². The third kappa shape index (κ3) is 3.53. The summed E-state index contributed by atoms with van der Waals surface area (Å²) in [7, 11) is 1.97. The Bertz CT molecular complexity index is 335. The third-order valence-corrected chi connectivity index (χ3v) is 3.22. The predicted molar refractivity (Wildman–Crippen MR) is 69.9 cm³/mol. The van der Waals surface area contributed by atoms with Gasteiger partial charge in [-0.05, 0) is 33.4 Å². The Labute approximate surface area is 104 Å². The Hall–Kier alpha value is -0.900. The van der Waals surface area contributed by atoms with E-state index in [-0.39, 0.29) is 12.6 Å². The summed E-state index contributed by atoms with van der Waals surface area (Å²) < 4.78 is 0. The number of aryl methyl sites for hydroxylation is 1. The van der Waals surface area contributed by atoms with Gasteiger partial charge in [0.2, 0.25) is 0 Å². The van der Waals surface area contributed by atoms with Gasteiger partial charge in [-0.15, -0.1) is 0 Å². The monoisotopic (exact) mass is 237 g/mol. The van der Waals surface area contributed by atoms with E-state index in [0.717, 1.165) is 5.56 Å². The third-order valence-electron chi connectivity index (χ3n) is 3.22. The molecule has 0 saturated heterocycles. The maximum Gasteiger partial charge on any atom is 0.0967 e. The molecule has 0 amide bonds. The van der Waals surface area contributed by atoms with Crippen LogP contribution >= 0.6 is 0 Å². The van der Waals surface area contributed by atoms with Crippen LogP contribution in [-0.2, 0) is 0 Å². The Balaban J connectivity index is 3.01. The van der Waals surface area contributed by atoms with Gasteiger partial charge in [0, 0.05) is 6.04 Å². The molecule has 17 heavy (non-hydrogen) atoms. The SMILES string of the molecule is Cc1ccc(C([C@H](O)CO)N(C)C(C)C)cc1. The van der Waals surface area contributed by atoms with Crippen molar-refractivity contribution in [3.63, 3.8) is 0 Å². The molecule has 2 atom stereocenters. The number of aliphatic hydroxyl groups excluding tert-OH is 2. The van der Waals surface area contributed by atoms with Crippen LogP contribution in [0.25, 0.3) is 0 Å². The minimum absolute atomic E-state index is 0.166. The zero-order valence-electron chi connectivity index (χ0n) is 11.1. The maximum atomic E-state index is 9.97. The highest BCUT2D eigenvalue weighted by molar-refractivity contribution is 5.25. The van der Waals surface area contributed by atoms with E-state index in [1.165, 1.54) is 5.56 Å². The molecule has 0 aliphatic heterocycles. The standard InChI is InChI=1S/C14H23NO2/c1-10(2)15(4)14(13(17)9-16)12-7-5-11(3)6-8-12/h5-8,10,13-14,16-17H,9H2,1-4H3/t13-,14?/m1/s1. The first-order chi connectivity index (χ1) is 7.97. The molecule has 1 rings (SSSR count). The first-order valence-corrected chi connectivity index (χ1v) is 6.04. The molecule has 3 nitrogen and oxygen atoms in total. The number of hydrogen-bond acceptors (Lipinski definition) is 3. The molecule has 1 aromatic rings. The molecule has 0 saturated carbocycles. The van der Waals surface area contributed by atoms with Gasteiger partial charge >= 0.3 is 0 Å². The second-order valence-corrected chi connectivity index (χ2v) is 4.86.